The van der Waals surface area contributed by atoms with Crippen molar-refractivity contribution in [1.29, 1.82) is 0 Å². The van der Waals surface area contributed by atoms with Gasteiger partial charge < -0.3 is 24.2 Å². The van der Waals surface area contributed by atoms with Crippen molar-refractivity contribution in [2.75, 3.05) is 57.8 Å². The standard InChI is InChI=1S/C22H26F4N4O4/c23-17-13-16(1-2-19(17)33-22(24,25)26)21(31)30-6-3-15(4-7-30)18-14-20(34-28-18)27-5-8-29-9-11-32-12-10-29/h1-2,13-15,27H,3-12H2. The van der Waals surface area contributed by atoms with Gasteiger partial charge in [-0.15, -0.1) is 13.2 Å². The summed E-state index contributed by atoms with van der Waals surface area (Å²) in [6, 6.07) is 4.58. The minimum absolute atomic E-state index is 0.0290. The van der Waals surface area contributed by atoms with E-state index in [0.717, 1.165) is 63.3 Å². The van der Waals surface area contributed by atoms with E-state index in [4.69, 9.17) is 9.26 Å². The van der Waals surface area contributed by atoms with Crippen LogP contribution >= 0.6 is 0 Å². The average Bonchev–Trinajstić information content (AvgIpc) is 3.29. The lowest BCUT2D eigenvalue weighted by Gasteiger charge is -2.31. The molecule has 1 aromatic heterocycles. The minimum Gasteiger partial charge on any atom is -0.403 e. The molecule has 0 atom stereocenters. The Morgan fingerprint density at radius 3 is 2.56 bits per heavy atom. The quantitative estimate of drug-likeness (QED) is 0.601. The van der Waals surface area contributed by atoms with Crippen molar-refractivity contribution in [3.8, 4) is 5.75 Å². The van der Waals surface area contributed by atoms with E-state index in [9.17, 15) is 22.4 Å². The van der Waals surface area contributed by atoms with E-state index in [0.29, 0.717) is 31.8 Å². The summed E-state index contributed by atoms with van der Waals surface area (Å²) < 4.78 is 65.2. The van der Waals surface area contributed by atoms with Crippen LogP contribution in [0.25, 0.3) is 0 Å². The van der Waals surface area contributed by atoms with Gasteiger partial charge in [-0.05, 0) is 31.0 Å². The monoisotopic (exact) mass is 486 g/mol. The second-order valence-corrected chi connectivity index (χ2v) is 8.26. The molecule has 1 aromatic carbocycles. The van der Waals surface area contributed by atoms with Crippen molar-refractivity contribution in [2.45, 2.75) is 25.1 Å². The normalized spacial score (nSPS) is 18.2. The number of halogens is 4. The highest BCUT2D eigenvalue weighted by Crippen LogP contribution is 2.30. The van der Waals surface area contributed by atoms with Crippen LogP contribution in [-0.4, -0.2) is 79.7 Å². The molecule has 2 saturated heterocycles. The fourth-order valence-corrected chi connectivity index (χ4v) is 4.13. The molecule has 34 heavy (non-hydrogen) atoms. The van der Waals surface area contributed by atoms with Crippen molar-refractivity contribution in [1.82, 2.24) is 15.0 Å². The summed E-state index contributed by atoms with van der Waals surface area (Å²) in [6.45, 7) is 5.77. The summed E-state index contributed by atoms with van der Waals surface area (Å²) in [5.41, 5.74) is 0.777. The van der Waals surface area contributed by atoms with Crippen molar-refractivity contribution >= 4 is 11.8 Å². The highest BCUT2D eigenvalue weighted by molar-refractivity contribution is 5.94. The van der Waals surface area contributed by atoms with Gasteiger partial charge in [0.15, 0.2) is 11.6 Å². The number of anilines is 1. The highest BCUT2D eigenvalue weighted by atomic mass is 19.4. The number of hydrogen-bond donors (Lipinski definition) is 1. The van der Waals surface area contributed by atoms with Crippen LogP contribution < -0.4 is 10.1 Å². The maximum absolute atomic E-state index is 14.0. The number of aromatic nitrogens is 1. The van der Waals surface area contributed by atoms with E-state index >= 15 is 0 Å². The van der Waals surface area contributed by atoms with Gasteiger partial charge in [-0.2, -0.15) is 0 Å². The van der Waals surface area contributed by atoms with Gasteiger partial charge in [0.2, 0.25) is 5.88 Å². The minimum atomic E-state index is -5.01. The molecule has 0 radical (unpaired) electrons. The van der Waals surface area contributed by atoms with Crippen LogP contribution in [0.1, 0.15) is 34.8 Å². The number of nitrogens with one attached hydrogen (secondary N) is 1. The number of amides is 1. The Morgan fingerprint density at radius 1 is 1.15 bits per heavy atom. The first-order chi connectivity index (χ1) is 16.3. The first kappa shape index (κ1) is 24.3. The van der Waals surface area contributed by atoms with Crippen LogP contribution in [-0.2, 0) is 4.74 Å². The molecule has 2 aliphatic rings. The number of hydrogen-bond acceptors (Lipinski definition) is 7. The first-order valence-corrected chi connectivity index (χ1v) is 11.1. The zero-order valence-electron chi connectivity index (χ0n) is 18.4. The van der Waals surface area contributed by atoms with Crippen LogP contribution in [0.15, 0.2) is 28.8 Å². The number of piperidine rings is 1. The summed E-state index contributed by atoms with van der Waals surface area (Å²) in [4.78, 5) is 16.5. The van der Waals surface area contributed by atoms with Gasteiger partial charge in [-0.3, -0.25) is 9.69 Å². The van der Waals surface area contributed by atoms with Gasteiger partial charge in [0, 0.05) is 56.8 Å². The predicted octanol–water partition coefficient (Wildman–Crippen LogP) is 3.48. The van der Waals surface area contributed by atoms with E-state index in [1.807, 2.05) is 6.07 Å². The van der Waals surface area contributed by atoms with E-state index in [-0.39, 0.29) is 11.5 Å². The summed E-state index contributed by atoms with van der Waals surface area (Å²) in [5, 5.41) is 7.39. The Hall–Kier alpha value is -2.86. The largest absolute Gasteiger partial charge is 0.573 e. The number of carbonyl (C=O) groups excluding carboxylic acids is 1. The van der Waals surface area contributed by atoms with Gasteiger partial charge in [-0.1, -0.05) is 5.16 Å². The Kier molecular flexibility index (Phi) is 7.57. The maximum Gasteiger partial charge on any atom is 0.573 e. The maximum atomic E-state index is 14.0. The molecule has 4 rings (SSSR count). The summed E-state index contributed by atoms with van der Waals surface area (Å²) in [7, 11) is 0. The SMILES string of the molecule is O=C(c1ccc(OC(F)(F)F)c(F)c1)N1CCC(c2cc(NCCN3CCOCC3)on2)CC1. The number of nitrogens with zero attached hydrogens (tertiary/aromatic N) is 3. The number of rotatable bonds is 7. The van der Waals surface area contributed by atoms with E-state index in [1.54, 1.807) is 4.90 Å². The Labute approximate surface area is 193 Å². The Bertz CT molecular complexity index is 970. The van der Waals surface area contributed by atoms with Gasteiger partial charge in [-0.25, -0.2) is 4.39 Å². The van der Waals surface area contributed by atoms with Crippen LogP contribution in [0.3, 0.4) is 0 Å². The summed E-state index contributed by atoms with van der Waals surface area (Å²) in [6.07, 6.45) is -3.72. The highest BCUT2D eigenvalue weighted by Gasteiger charge is 2.33. The molecule has 0 saturated carbocycles. The fourth-order valence-electron chi connectivity index (χ4n) is 4.13. The van der Waals surface area contributed by atoms with Crippen molar-refractivity contribution in [3.63, 3.8) is 0 Å². The zero-order valence-corrected chi connectivity index (χ0v) is 18.4. The zero-order chi connectivity index (χ0) is 24.1. The molecule has 8 nitrogen and oxygen atoms in total. The van der Waals surface area contributed by atoms with E-state index in [2.05, 4.69) is 20.1 Å². The number of carbonyl (C=O) groups is 1. The first-order valence-electron chi connectivity index (χ1n) is 11.1. The lowest BCUT2D eigenvalue weighted by molar-refractivity contribution is -0.275. The van der Waals surface area contributed by atoms with Crippen LogP contribution in [0.5, 0.6) is 5.75 Å². The third-order valence-electron chi connectivity index (χ3n) is 5.96. The average molecular weight is 486 g/mol. The molecule has 0 unspecified atom stereocenters. The molecule has 2 aliphatic heterocycles. The van der Waals surface area contributed by atoms with Crippen molar-refractivity contribution < 1.29 is 36.4 Å². The summed E-state index contributed by atoms with van der Waals surface area (Å²) in [5.74, 6) is -1.95. The topological polar surface area (TPSA) is 80.1 Å². The smallest absolute Gasteiger partial charge is 0.403 e. The number of benzene rings is 1. The Balaban J connectivity index is 1.25. The third-order valence-corrected chi connectivity index (χ3v) is 5.96. The molecule has 0 aliphatic carbocycles. The number of morpholine rings is 1. The summed E-state index contributed by atoms with van der Waals surface area (Å²) >= 11 is 0. The van der Waals surface area contributed by atoms with Crippen molar-refractivity contribution in [3.05, 3.63) is 41.3 Å². The molecule has 1 N–H and O–H groups in total. The molecule has 186 valence electrons. The number of alkyl halides is 3. The second kappa shape index (κ2) is 10.6. The van der Waals surface area contributed by atoms with Gasteiger partial charge >= 0.3 is 6.36 Å². The van der Waals surface area contributed by atoms with Crippen LogP contribution in [0.4, 0.5) is 23.4 Å². The van der Waals surface area contributed by atoms with E-state index < -0.39 is 23.8 Å². The number of ether oxygens (including phenoxy) is 2. The molecule has 3 heterocycles. The van der Waals surface area contributed by atoms with Gasteiger partial charge in [0.05, 0.1) is 18.9 Å². The fraction of sp³-hybridized carbons (Fsp3) is 0.545. The van der Waals surface area contributed by atoms with Crippen molar-refractivity contribution in [2.24, 2.45) is 0 Å². The lowest BCUT2D eigenvalue weighted by Crippen LogP contribution is -2.38. The molecule has 0 spiro atoms. The molecule has 12 heteroatoms. The van der Waals surface area contributed by atoms with Gasteiger partial charge in [0.25, 0.3) is 5.91 Å². The Morgan fingerprint density at radius 2 is 1.88 bits per heavy atom. The molecule has 2 aromatic rings. The number of likely N-dealkylation sites (tertiary alicyclic amines) is 1. The van der Waals surface area contributed by atoms with E-state index in [1.165, 1.54) is 0 Å². The molecule has 1 amide bonds. The molecule has 2 fully saturated rings. The van der Waals surface area contributed by atoms with Crippen LogP contribution in [0, 0.1) is 5.82 Å². The van der Waals surface area contributed by atoms with Crippen LogP contribution in [0.2, 0.25) is 0 Å². The predicted molar refractivity (Wildman–Crippen MR) is 113 cm³/mol. The molecular weight excluding hydrogens is 460 g/mol. The third kappa shape index (κ3) is 6.38. The second-order valence-electron chi connectivity index (χ2n) is 8.26. The lowest BCUT2D eigenvalue weighted by atomic mass is 9.93. The molecule has 0 bridgehead atoms. The molecular formula is C22H26F4N4O4. The van der Waals surface area contributed by atoms with Gasteiger partial charge in [0.1, 0.15) is 0 Å².